The molecule has 4 aromatic carbocycles. The molecule has 50 heavy (non-hydrogen) atoms. The molecule has 3 N–H and O–H groups in total. The van der Waals surface area contributed by atoms with Gasteiger partial charge in [-0.2, -0.15) is 0 Å². The first-order chi connectivity index (χ1) is 24.1. The Morgan fingerprint density at radius 1 is 0.900 bits per heavy atom. The SMILES string of the molecule is COC(=O)c1c(-c2ccc(C)cc2)csc1NC(=O)CSc1cccc(NC(=O)/C(=C\c2ccccc2[N+](=O)[O-])NC(=O)c2ccccc2)c1. The molecule has 1 heterocycles. The lowest BCUT2D eigenvalue weighted by Gasteiger charge is -2.12. The molecule has 0 aliphatic carbocycles. The molecule has 13 heteroatoms. The molecule has 0 saturated heterocycles. The van der Waals surface area contributed by atoms with Crippen molar-refractivity contribution in [2.24, 2.45) is 0 Å². The van der Waals surface area contributed by atoms with Crippen LogP contribution in [0.15, 0.2) is 119 Å². The molecule has 0 spiro atoms. The van der Waals surface area contributed by atoms with E-state index in [-0.39, 0.29) is 39.7 Å². The van der Waals surface area contributed by atoms with Gasteiger partial charge >= 0.3 is 5.97 Å². The van der Waals surface area contributed by atoms with Crippen molar-refractivity contribution < 1.29 is 28.8 Å². The van der Waals surface area contributed by atoms with E-state index in [2.05, 4.69) is 16.0 Å². The van der Waals surface area contributed by atoms with E-state index < -0.39 is 22.7 Å². The molecule has 0 atom stereocenters. The van der Waals surface area contributed by atoms with Gasteiger partial charge in [0.2, 0.25) is 5.91 Å². The number of anilines is 2. The van der Waals surface area contributed by atoms with Gasteiger partial charge in [-0.3, -0.25) is 24.5 Å². The fraction of sp³-hybridized carbons (Fsp3) is 0.0811. The Labute approximate surface area is 295 Å². The zero-order valence-corrected chi connectivity index (χ0v) is 28.4. The number of nitro groups is 1. The van der Waals surface area contributed by atoms with Gasteiger partial charge in [0.25, 0.3) is 17.5 Å². The number of nitrogens with one attached hydrogen (secondary N) is 3. The second-order valence-electron chi connectivity index (χ2n) is 10.7. The van der Waals surface area contributed by atoms with Crippen LogP contribution >= 0.6 is 23.1 Å². The molecule has 5 rings (SSSR count). The first kappa shape index (κ1) is 35.3. The van der Waals surface area contributed by atoms with Crippen LogP contribution in [0.1, 0.15) is 31.8 Å². The summed E-state index contributed by atoms with van der Waals surface area (Å²) >= 11 is 2.43. The van der Waals surface area contributed by atoms with Gasteiger partial charge < -0.3 is 20.7 Å². The number of aryl methyl sites for hydroxylation is 1. The molecule has 0 aliphatic rings. The number of thioether (sulfide) groups is 1. The average molecular weight is 707 g/mol. The van der Waals surface area contributed by atoms with Gasteiger partial charge in [-0.05, 0) is 55.0 Å². The third-order valence-electron chi connectivity index (χ3n) is 7.22. The summed E-state index contributed by atoms with van der Waals surface area (Å²) in [7, 11) is 1.29. The van der Waals surface area contributed by atoms with Crippen molar-refractivity contribution in [3.05, 3.63) is 147 Å². The maximum absolute atomic E-state index is 13.5. The number of methoxy groups -OCH3 is 1. The molecule has 252 valence electrons. The number of hydrogen-bond donors (Lipinski definition) is 3. The van der Waals surface area contributed by atoms with Crippen LogP contribution < -0.4 is 16.0 Å². The largest absolute Gasteiger partial charge is 0.465 e. The van der Waals surface area contributed by atoms with Gasteiger partial charge in [0.15, 0.2) is 0 Å². The molecule has 3 amide bonds. The molecule has 11 nitrogen and oxygen atoms in total. The second-order valence-corrected chi connectivity index (χ2v) is 12.7. The van der Waals surface area contributed by atoms with Gasteiger partial charge in [-0.1, -0.05) is 66.2 Å². The van der Waals surface area contributed by atoms with Gasteiger partial charge in [0, 0.05) is 33.2 Å². The van der Waals surface area contributed by atoms with E-state index in [1.807, 2.05) is 31.2 Å². The fourth-order valence-electron chi connectivity index (χ4n) is 4.75. The highest BCUT2D eigenvalue weighted by Crippen LogP contribution is 2.36. The number of benzene rings is 4. The van der Waals surface area contributed by atoms with Crippen molar-refractivity contribution in [1.82, 2.24) is 5.32 Å². The minimum Gasteiger partial charge on any atom is -0.465 e. The maximum Gasteiger partial charge on any atom is 0.341 e. The number of nitro benzene ring substituents is 1. The Morgan fingerprint density at radius 2 is 1.62 bits per heavy atom. The molecule has 0 radical (unpaired) electrons. The quantitative estimate of drug-likeness (QED) is 0.0395. The summed E-state index contributed by atoms with van der Waals surface area (Å²) in [6.07, 6.45) is 1.24. The van der Waals surface area contributed by atoms with Crippen molar-refractivity contribution in [2.75, 3.05) is 23.5 Å². The molecule has 0 aliphatic heterocycles. The Balaban J connectivity index is 1.30. The van der Waals surface area contributed by atoms with Crippen LogP contribution in [-0.4, -0.2) is 41.5 Å². The van der Waals surface area contributed by atoms with Crippen LogP contribution in [0.2, 0.25) is 0 Å². The Kier molecular flexibility index (Phi) is 11.5. The van der Waals surface area contributed by atoms with E-state index in [0.717, 1.165) is 11.1 Å². The first-order valence-electron chi connectivity index (χ1n) is 15.1. The van der Waals surface area contributed by atoms with Gasteiger partial charge in [0.1, 0.15) is 16.3 Å². The summed E-state index contributed by atoms with van der Waals surface area (Å²) in [6, 6.07) is 28.5. The van der Waals surface area contributed by atoms with Crippen LogP contribution in [0.4, 0.5) is 16.4 Å². The van der Waals surface area contributed by atoms with E-state index in [0.29, 0.717) is 21.1 Å². The highest BCUT2D eigenvalue weighted by atomic mass is 32.2. The summed E-state index contributed by atoms with van der Waals surface area (Å²) < 4.78 is 5.01. The predicted molar refractivity (Wildman–Crippen MR) is 195 cm³/mol. The molecule has 0 saturated carbocycles. The standard InChI is InChI=1S/C37H30N4O7S2/c1-23-15-17-24(18-16-23)29-21-50-36(33(29)37(45)48-2)40-32(42)22-49-28-13-8-12-27(20-28)38-35(44)30(39-34(43)25-9-4-3-5-10-25)19-26-11-6-7-14-31(26)41(46)47/h3-21H,22H2,1-2H3,(H,38,44)(H,39,43)(H,40,42)/b30-19+. The van der Waals surface area contributed by atoms with Gasteiger partial charge in [-0.25, -0.2) is 4.79 Å². The minimum atomic E-state index is -0.718. The topological polar surface area (TPSA) is 157 Å². The Hall–Kier alpha value is -6.05. The van der Waals surface area contributed by atoms with E-state index in [1.165, 1.54) is 54.5 Å². The van der Waals surface area contributed by atoms with Crippen molar-refractivity contribution in [3.8, 4) is 11.1 Å². The molecule has 0 unspecified atom stereocenters. The molecule has 1 aromatic heterocycles. The van der Waals surface area contributed by atoms with E-state index in [1.54, 1.807) is 66.0 Å². The number of esters is 1. The zero-order chi connectivity index (χ0) is 35.6. The number of hydrogen-bond acceptors (Lipinski definition) is 9. The fourth-order valence-corrected chi connectivity index (χ4v) is 6.48. The Morgan fingerprint density at radius 3 is 2.34 bits per heavy atom. The summed E-state index contributed by atoms with van der Waals surface area (Å²) in [5.41, 5.74) is 3.14. The third-order valence-corrected chi connectivity index (χ3v) is 9.11. The van der Waals surface area contributed by atoms with Crippen LogP contribution in [0, 0.1) is 17.0 Å². The smallest absolute Gasteiger partial charge is 0.341 e. The van der Waals surface area contributed by atoms with Crippen LogP contribution in [0.5, 0.6) is 0 Å². The second kappa shape index (κ2) is 16.4. The summed E-state index contributed by atoms with van der Waals surface area (Å²) in [5, 5.41) is 21.9. The van der Waals surface area contributed by atoms with Crippen molar-refractivity contribution in [3.63, 3.8) is 0 Å². The molecular weight excluding hydrogens is 677 g/mol. The minimum absolute atomic E-state index is 0.00820. The summed E-state index contributed by atoms with van der Waals surface area (Å²) in [5.74, 6) is -2.22. The third kappa shape index (κ3) is 8.89. The number of amides is 3. The maximum atomic E-state index is 13.5. The van der Waals surface area contributed by atoms with Crippen molar-refractivity contribution >= 4 is 69.2 Å². The predicted octanol–water partition coefficient (Wildman–Crippen LogP) is 7.56. The number of nitrogens with zero attached hydrogens (tertiary/aromatic N) is 1. The lowest BCUT2D eigenvalue weighted by Crippen LogP contribution is -2.30. The number of carbonyl (C=O) groups excluding carboxylic acids is 4. The van der Waals surface area contributed by atoms with Gasteiger partial charge in [0.05, 0.1) is 23.3 Å². The number of ether oxygens (including phenoxy) is 1. The highest BCUT2D eigenvalue weighted by molar-refractivity contribution is 8.00. The molecule has 0 fully saturated rings. The van der Waals surface area contributed by atoms with Crippen LogP contribution in [0.3, 0.4) is 0 Å². The number of carbonyl (C=O) groups is 4. The first-order valence-corrected chi connectivity index (χ1v) is 16.9. The molecular formula is C37H30N4O7S2. The number of rotatable bonds is 12. The van der Waals surface area contributed by atoms with E-state index in [4.69, 9.17) is 4.74 Å². The van der Waals surface area contributed by atoms with Crippen molar-refractivity contribution in [2.45, 2.75) is 11.8 Å². The van der Waals surface area contributed by atoms with E-state index in [9.17, 15) is 29.3 Å². The van der Waals surface area contributed by atoms with Gasteiger partial charge in [-0.15, -0.1) is 23.1 Å². The van der Waals surface area contributed by atoms with Crippen LogP contribution in [-0.2, 0) is 14.3 Å². The molecule has 5 aromatic rings. The monoisotopic (exact) mass is 706 g/mol. The lowest BCUT2D eigenvalue weighted by atomic mass is 10.0. The zero-order valence-electron chi connectivity index (χ0n) is 26.8. The average Bonchev–Trinajstić information content (AvgIpc) is 3.54. The number of para-hydroxylation sites is 1. The highest BCUT2D eigenvalue weighted by Gasteiger charge is 2.23. The number of thiophene rings is 1. The lowest BCUT2D eigenvalue weighted by molar-refractivity contribution is -0.385. The molecule has 0 bridgehead atoms. The Bertz CT molecular complexity index is 2090. The van der Waals surface area contributed by atoms with Crippen LogP contribution in [0.25, 0.3) is 17.2 Å². The van der Waals surface area contributed by atoms with Crippen molar-refractivity contribution in [1.29, 1.82) is 0 Å². The summed E-state index contributed by atoms with van der Waals surface area (Å²) in [6.45, 7) is 1.97. The normalized spacial score (nSPS) is 11.0. The summed E-state index contributed by atoms with van der Waals surface area (Å²) in [4.78, 5) is 63.9. The van der Waals surface area contributed by atoms with E-state index >= 15 is 0 Å².